The third kappa shape index (κ3) is 2.37. The van der Waals surface area contributed by atoms with Crippen molar-refractivity contribution in [3.8, 4) is 5.75 Å². The molecule has 0 aliphatic carbocycles. The normalized spacial score (nSPS) is 20.2. The molecule has 0 spiro atoms. The Morgan fingerprint density at radius 3 is 2.88 bits per heavy atom. The number of nitrogens with one attached hydrogen (secondary N) is 1. The van der Waals surface area contributed by atoms with Gasteiger partial charge in [-0.1, -0.05) is 0 Å². The van der Waals surface area contributed by atoms with Crippen LogP contribution in [0.5, 0.6) is 5.75 Å². The molecule has 1 aromatic rings. The number of benzene rings is 1. The van der Waals surface area contributed by atoms with Gasteiger partial charge in [0.1, 0.15) is 0 Å². The summed E-state index contributed by atoms with van der Waals surface area (Å²) in [4.78, 5) is 10.8. The molecule has 5 nitrogen and oxygen atoms in total. The number of halogens is 1. The number of hydrogen-bond donors (Lipinski definition) is 3. The van der Waals surface area contributed by atoms with Crippen LogP contribution in [0.3, 0.4) is 0 Å². The lowest BCUT2D eigenvalue weighted by Gasteiger charge is -2.25. The van der Waals surface area contributed by atoms with Gasteiger partial charge in [-0.3, -0.25) is 0 Å². The van der Waals surface area contributed by atoms with Crippen LogP contribution in [0.4, 0.5) is 4.39 Å². The number of phenols is 1. The van der Waals surface area contributed by atoms with E-state index in [4.69, 9.17) is 9.84 Å². The molecule has 1 fully saturated rings. The number of rotatable bonds is 2. The van der Waals surface area contributed by atoms with Crippen molar-refractivity contribution in [2.24, 2.45) is 0 Å². The highest BCUT2D eigenvalue weighted by Crippen LogP contribution is 2.29. The summed E-state index contributed by atoms with van der Waals surface area (Å²) in [7, 11) is 0. The zero-order valence-electron chi connectivity index (χ0n) is 8.94. The van der Waals surface area contributed by atoms with Gasteiger partial charge in [0.05, 0.1) is 24.8 Å². The number of carboxylic acids is 1. The molecule has 1 heterocycles. The molecule has 0 aromatic heterocycles. The molecule has 92 valence electrons. The number of phenolic OH excluding ortho intramolecular Hbond substituents is 1. The van der Waals surface area contributed by atoms with E-state index in [1.54, 1.807) is 0 Å². The molecule has 1 saturated heterocycles. The van der Waals surface area contributed by atoms with E-state index < -0.39 is 23.6 Å². The van der Waals surface area contributed by atoms with Crippen LogP contribution in [-0.2, 0) is 4.74 Å². The summed E-state index contributed by atoms with van der Waals surface area (Å²) in [5.41, 5.74) is 0.0183. The van der Waals surface area contributed by atoms with Gasteiger partial charge in [-0.05, 0) is 12.1 Å². The number of aromatic hydroxyl groups is 1. The van der Waals surface area contributed by atoms with Crippen molar-refractivity contribution in [2.75, 3.05) is 19.8 Å². The first-order chi connectivity index (χ1) is 8.09. The van der Waals surface area contributed by atoms with Gasteiger partial charge in [0.15, 0.2) is 11.6 Å². The predicted molar refractivity (Wildman–Crippen MR) is 56.6 cm³/mol. The number of morpholine rings is 1. The molecule has 0 unspecified atom stereocenters. The van der Waals surface area contributed by atoms with E-state index in [0.29, 0.717) is 13.2 Å². The van der Waals surface area contributed by atoms with Gasteiger partial charge in [0, 0.05) is 12.1 Å². The maximum Gasteiger partial charge on any atom is 0.335 e. The molecule has 1 aromatic carbocycles. The summed E-state index contributed by atoms with van der Waals surface area (Å²) in [5, 5.41) is 21.4. The second-order valence-corrected chi connectivity index (χ2v) is 3.78. The lowest BCUT2D eigenvalue weighted by Crippen LogP contribution is -2.34. The summed E-state index contributed by atoms with van der Waals surface area (Å²) in [6, 6.07) is 1.66. The summed E-state index contributed by atoms with van der Waals surface area (Å²) in [5.74, 6) is -2.70. The maximum atomic E-state index is 13.4. The lowest BCUT2D eigenvalue weighted by molar-refractivity contribution is 0.0691. The Kier molecular flexibility index (Phi) is 3.26. The van der Waals surface area contributed by atoms with Gasteiger partial charge >= 0.3 is 5.97 Å². The maximum absolute atomic E-state index is 13.4. The Bertz CT molecular complexity index is 443. The van der Waals surface area contributed by atoms with E-state index in [9.17, 15) is 14.3 Å². The van der Waals surface area contributed by atoms with Crippen LogP contribution in [0.1, 0.15) is 22.0 Å². The van der Waals surface area contributed by atoms with E-state index in [1.807, 2.05) is 0 Å². The molecule has 2 rings (SSSR count). The topological polar surface area (TPSA) is 78.8 Å². The van der Waals surface area contributed by atoms with E-state index in [0.717, 1.165) is 6.07 Å². The van der Waals surface area contributed by atoms with Crippen LogP contribution < -0.4 is 5.32 Å². The van der Waals surface area contributed by atoms with Crippen LogP contribution in [0.25, 0.3) is 0 Å². The van der Waals surface area contributed by atoms with E-state index >= 15 is 0 Å². The fourth-order valence-corrected chi connectivity index (χ4v) is 1.77. The smallest absolute Gasteiger partial charge is 0.335 e. The minimum absolute atomic E-state index is 0.192. The first-order valence-electron chi connectivity index (χ1n) is 5.16. The second-order valence-electron chi connectivity index (χ2n) is 3.78. The Morgan fingerprint density at radius 2 is 2.29 bits per heavy atom. The van der Waals surface area contributed by atoms with Crippen molar-refractivity contribution in [1.29, 1.82) is 0 Å². The molecule has 1 atom stereocenters. The largest absolute Gasteiger partial charge is 0.505 e. The van der Waals surface area contributed by atoms with Crippen LogP contribution in [0.2, 0.25) is 0 Å². The van der Waals surface area contributed by atoms with Gasteiger partial charge in [-0.2, -0.15) is 0 Å². The molecule has 0 radical (unpaired) electrons. The van der Waals surface area contributed by atoms with Crippen LogP contribution in [0.15, 0.2) is 12.1 Å². The fraction of sp³-hybridized carbons (Fsp3) is 0.364. The predicted octanol–water partition coefficient (Wildman–Crippen LogP) is 0.890. The first-order valence-corrected chi connectivity index (χ1v) is 5.16. The third-order valence-corrected chi connectivity index (χ3v) is 2.64. The number of carbonyl (C=O) groups is 1. The van der Waals surface area contributed by atoms with Crippen molar-refractivity contribution >= 4 is 5.97 Å². The third-order valence-electron chi connectivity index (χ3n) is 2.64. The SMILES string of the molecule is O=C(O)c1cc(F)c(O)c([C@H]2COCCN2)c1. The van der Waals surface area contributed by atoms with Gasteiger partial charge in [0.2, 0.25) is 0 Å². The fourth-order valence-electron chi connectivity index (χ4n) is 1.77. The second kappa shape index (κ2) is 4.68. The molecule has 1 aliphatic heterocycles. The highest BCUT2D eigenvalue weighted by molar-refractivity contribution is 5.88. The molecule has 1 aliphatic rings. The highest BCUT2D eigenvalue weighted by atomic mass is 19.1. The number of ether oxygens (including phenoxy) is 1. The number of aromatic carboxylic acids is 1. The molecule has 6 heteroatoms. The van der Waals surface area contributed by atoms with Crippen molar-refractivity contribution in [3.05, 3.63) is 29.1 Å². The molecular weight excluding hydrogens is 229 g/mol. The summed E-state index contributed by atoms with van der Waals surface area (Å²) >= 11 is 0. The van der Waals surface area contributed by atoms with Crippen molar-refractivity contribution in [1.82, 2.24) is 5.32 Å². The number of carboxylic acid groups (broad SMARTS) is 1. The van der Waals surface area contributed by atoms with Crippen LogP contribution >= 0.6 is 0 Å². The molecule has 0 bridgehead atoms. The quantitative estimate of drug-likeness (QED) is 0.716. The average molecular weight is 241 g/mol. The van der Waals surface area contributed by atoms with Crippen LogP contribution in [-0.4, -0.2) is 35.9 Å². The molecule has 17 heavy (non-hydrogen) atoms. The Balaban J connectivity index is 2.40. The van der Waals surface area contributed by atoms with Crippen molar-refractivity contribution < 1.29 is 24.1 Å². The monoisotopic (exact) mass is 241 g/mol. The minimum Gasteiger partial charge on any atom is -0.505 e. The van der Waals surface area contributed by atoms with E-state index in [1.165, 1.54) is 6.07 Å². The lowest BCUT2D eigenvalue weighted by atomic mass is 10.0. The summed E-state index contributed by atoms with van der Waals surface area (Å²) in [6.45, 7) is 1.39. The van der Waals surface area contributed by atoms with Crippen molar-refractivity contribution in [2.45, 2.75) is 6.04 Å². The molecule has 0 saturated carbocycles. The zero-order chi connectivity index (χ0) is 12.4. The van der Waals surface area contributed by atoms with E-state index in [2.05, 4.69) is 5.32 Å². The Labute approximate surface area is 96.8 Å². The molecule has 3 N–H and O–H groups in total. The highest BCUT2D eigenvalue weighted by Gasteiger charge is 2.22. The molecule has 0 amide bonds. The van der Waals surface area contributed by atoms with Gasteiger partial charge in [-0.15, -0.1) is 0 Å². The zero-order valence-corrected chi connectivity index (χ0v) is 8.94. The summed E-state index contributed by atoms with van der Waals surface area (Å²) in [6.07, 6.45) is 0. The van der Waals surface area contributed by atoms with Gasteiger partial charge in [0.25, 0.3) is 0 Å². The Morgan fingerprint density at radius 1 is 1.53 bits per heavy atom. The summed E-state index contributed by atoms with van der Waals surface area (Å²) < 4.78 is 18.6. The standard InChI is InChI=1S/C11H12FNO4/c12-8-4-6(11(15)16)3-7(10(8)14)9-5-17-2-1-13-9/h3-4,9,13-14H,1-2,5H2,(H,15,16)/t9-/m1/s1. The first kappa shape index (κ1) is 11.8. The van der Waals surface area contributed by atoms with Crippen LogP contribution in [0, 0.1) is 5.82 Å². The van der Waals surface area contributed by atoms with Gasteiger partial charge < -0.3 is 20.3 Å². The minimum atomic E-state index is -1.23. The van der Waals surface area contributed by atoms with E-state index in [-0.39, 0.29) is 17.7 Å². The van der Waals surface area contributed by atoms with Crippen molar-refractivity contribution in [3.63, 3.8) is 0 Å². The average Bonchev–Trinajstić information content (AvgIpc) is 2.33. The number of hydrogen-bond acceptors (Lipinski definition) is 4. The molecular formula is C11H12FNO4. The van der Waals surface area contributed by atoms with Gasteiger partial charge in [-0.25, -0.2) is 9.18 Å². The Hall–Kier alpha value is -1.66.